The quantitative estimate of drug-likeness (QED) is 0.798. The minimum absolute atomic E-state index is 0.0595. The number of amides is 1. The van der Waals surface area contributed by atoms with E-state index >= 15 is 0 Å². The van der Waals surface area contributed by atoms with E-state index in [0.717, 1.165) is 0 Å². The van der Waals surface area contributed by atoms with Crippen LogP contribution >= 0.6 is 0 Å². The number of halogens is 3. The predicted molar refractivity (Wildman–Crippen MR) is 86.2 cm³/mol. The van der Waals surface area contributed by atoms with E-state index in [9.17, 15) is 22.8 Å². The fourth-order valence-corrected chi connectivity index (χ4v) is 2.45. The molecular weight excluding hydrogens is 357 g/mol. The van der Waals surface area contributed by atoms with E-state index in [1.54, 1.807) is 6.07 Å². The van der Waals surface area contributed by atoms with Crippen LogP contribution in [0.4, 0.5) is 13.2 Å². The maximum Gasteiger partial charge on any atom is 0.471 e. The van der Waals surface area contributed by atoms with Crippen LogP contribution in [0.15, 0.2) is 23.0 Å². The van der Waals surface area contributed by atoms with Crippen molar-refractivity contribution in [1.29, 1.82) is 0 Å². The van der Waals surface area contributed by atoms with E-state index < -0.39 is 37.3 Å². The third kappa shape index (κ3) is 4.07. The number of carbonyl (C=O) groups is 1. The third-order valence-electron chi connectivity index (χ3n) is 3.69. The molecule has 2 rings (SSSR count). The Balaban J connectivity index is 2.46. The summed E-state index contributed by atoms with van der Waals surface area (Å²) in [5, 5.41) is 9.41. The van der Waals surface area contributed by atoms with E-state index in [1.807, 2.05) is 0 Å². The zero-order valence-corrected chi connectivity index (χ0v) is 14.0. The van der Waals surface area contributed by atoms with Crippen LogP contribution < -0.4 is 15.0 Å². The van der Waals surface area contributed by atoms with Crippen molar-refractivity contribution in [2.75, 3.05) is 27.4 Å². The smallest absolute Gasteiger partial charge is 0.471 e. The van der Waals surface area contributed by atoms with Gasteiger partial charge in [-0.25, -0.2) is 0 Å². The molecule has 1 aromatic heterocycles. The van der Waals surface area contributed by atoms with Crippen LogP contribution in [-0.2, 0) is 11.3 Å². The predicted octanol–water partition coefficient (Wildman–Crippen LogP) is 1.43. The average Bonchev–Trinajstić information content (AvgIpc) is 2.59. The summed E-state index contributed by atoms with van der Waals surface area (Å²) in [6.45, 7) is -1.82. The largest absolute Gasteiger partial charge is 0.493 e. The van der Waals surface area contributed by atoms with Gasteiger partial charge < -0.3 is 24.5 Å². The highest BCUT2D eigenvalue weighted by atomic mass is 19.4. The Morgan fingerprint density at radius 1 is 1.19 bits per heavy atom. The fourth-order valence-electron chi connectivity index (χ4n) is 2.45. The average molecular weight is 374 g/mol. The Hall–Kier alpha value is -2.75. The number of aliphatic hydroxyl groups is 1. The summed E-state index contributed by atoms with van der Waals surface area (Å²) in [6, 6.07) is 4.44. The van der Waals surface area contributed by atoms with Gasteiger partial charge in [-0.15, -0.1) is 0 Å². The molecule has 0 radical (unpaired) electrons. The van der Waals surface area contributed by atoms with Gasteiger partial charge in [0.2, 0.25) is 0 Å². The highest BCUT2D eigenvalue weighted by Gasteiger charge is 2.42. The molecule has 0 aliphatic carbocycles. The summed E-state index contributed by atoms with van der Waals surface area (Å²) < 4.78 is 48.3. The number of aromatic nitrogens is 1. The molecule has 2 N–H and O–H groups in total. The highest BCUT2D eigenvalue weighted by Crippen LogP contribution is 2.31. The second kappa shape index (κ2) is 7.65. The maximum atomic E-state index is 12.7. The molecule has 0 fully saturated rings. The van der Waals surface area contributed by atoms with Crippen molar-refractivity contribution in [3.8, 4) is 11.5 Å². The van der Waals surface area contributed by atoms with Crippen molar-refractivity contribution in [3.63, 3.8) is 0 Å². The Labute approximate surface area is 145 Å². The normalized spacial score (nSPS) is 11.5. The highest BCUT2D eigenvalue weighted by molar-refractivity contribution is 5.84. The standard InChI is InChI=1S/C16H17F3N2O5/c1-25-12-6-9-5-10(14(23)20-11(9)7-13(12)26-2)8-21(3-4-22)15(24)16(17,18)19/h5-7,22H,3-4,8H2,1-2H3,(H,20,23). The molecule has 1 heterocycles. The monoisotopic (exact) mass is 374 g/mol. The SMILES string of the molecule is COc1cc2cc(CN(CCO)C(=O)C(F)(F)F)c(=O)[nH]c2cc1OC. The van der Waals surface area contributed by atoms with Crippen molar-refractivity contribution in [3.05, 3.63) is 34.1 Å². The summed E-state index contributed by atoms with van der Waals surface area (Å²) in [5.74, 6) is -1.38. The number of hydrogen-bond donors (Lipinski definition) is 2. The third-order valence-corrected chi connectivity index (χ3v) is 3.69. The molecule has 26 heavy (non-hydrogen) atoms. The summed E-state index contributed by atoms with van der Waals surface area (Å²) >= 11 is 0. The van der Waals surface area contributed by atoms with Crippen LogP contribution in [0.25, 0.3) is 10.9 Å². The van der Waals surface area contributed by atoms with Crippen molar-refractivity contribution < 1.29 is 32.5 Å². The second-order valence-corrected chi connectivity index (χ2v) is 5.37. The molecular formula is C16H17F3N2O5. The molecule has 142 valence electrons. The summed E-state index contributed by atoms with van der Waals surface area (Å²) in [6.07, 6.45) is -5.10. The lowest BCUT2D eigenvalue weighted by atomic mass is 10.1. The molecule has 1 amide bonds. The number of ether oxygens (including phenoxy) is 2. The number of rotatable bonds is 6. The summed E-state index contributed by atoms with van der Waals surface area (Å²) in [5.41, 5.74) is -0.314. The maximum absolute atomic E-state index is 12.7. The number of aromatic amines is 1. The number of hydrogen-bond acceptors (Lipinski definition) is 5. The van der Waals surface area contributed by atoms with Crippen LogP contribution in [0.3, 0.4) is 0 Å². The molecule has 0 saturated carbocycles. The van der Waals surface area contributed by atoms with Crippen LogP contribution in [0.5, 0.6) is 11.5 Å². The molecule has 0 aliphatic heterocycles. The molecule has 0 spiro atoms. The minimum atomic E-state index is -5.10. The number of nitrogens with one attached hydrogen (secondary N) is 1. The van der Waals surface area contributed by atoms with Crippen molar-refractivity contribution in [2.45, 2.75) is 12.7 Å². The van der Waals surface area contributed by atoms with E-state index in [2.05, 4.69) is 4.98 Å². The van der Waals surface area contributed by atoms with Gasteiger partial charge in [0.1, 0.15) is 0 Å². The van der Waals surface area contributed by atoms with E-state index in [-0.39, 0.29) is 5.56 Å². The number of H-pyrrole nitrogens is 1. The molecule has 7 nitrogen and oxygen atoms in total. The molecule has 1 aromatic carbocycles. The lowest BCUT2D eigenvalue weighted by Gasteiger charge is -2.22. The first-order chi connectivity index (χ1) is 12.2. The van der Waals surface area contributed by atoms with Gasteiger partial charge in [0.25, 0.3) is 5.56 Å². The van der Waals surface area contributed by atoms with Gasteiger partial charge in [0.05, 0.1) is 32.9 Å². The number of carbonyl (C=O) groups excluding carboxylic acids is 1. The Kier molecular flexibility index (Phi) is 5.76. The molecule has 0 atom stereocenters. The van der Waals surface area contributed by atoms with Crippen LogP contribution in [0.1, 0.15) is 5.56 Å². The van der Waals surface area contributed by atoms with E-state index in [0.29, 0.717) is 27.3 Å². The number of alkyl halides is 3. The molecule has 0 aliphatic rings. The van der Waals surface area contributed by atoms with Crippen LogP contribution in [0.2, 0.25) is 0 Å². The van der Waals surface area contributed by atoms with E-state index in [1.165, 1.54) is 26.4 Å². The number of pyridine rings is 1. The minimum Gasteiger partial charge on any atom is -0.493 e. The Morgan fingerprint density at radius 3 is 2.35 bits per heavy atom. The van der Waals surface area contributed by atoms with Gasteiger partial charge >= 0.3 is 12.1 Å². The summed E-state index contributed by atoms with van der Waals surface area (Å²) in [7, 11) is 2.84. The summed E-state index contributed by atoms with van der Waals surface area (Å²) in [4.78, 5) is 26.6. The number of aliphatic hydroxyl groups excluding tert-OH is 1. The lowest BCUT2D eigenvalue weighted by molar-refractivity contribution is -0.186. The van der Waals surface area contributed by atoms with Crippen molar-refractivity contribution in [1.82, 2.24) is 9.88 Å². The van der Waals surface area contributed by atoms with Crippen LogP contribution in [0, 0.1) is 0 Å². The molecule has 0 bridgehead atoms. The van der Waals surface area contributed by atoms with Gasteiger partial charge in [0, 0.05) is 23.6 Å². The zero-order chi connectivity index (χ0) is 19.5. The Morgan fingerprint density at radius 2 is 1.81 bits per heavy atom. The van der Waals surface area contributed by atoms with Crippen molar-refractivity contribution in [2.24, 2.45) is 0 Å². The van der Waals surface area contributed by atoms with Crippen LogP contribution in [-0.4, -0.2) is 54.4 Å². The molecule has 10 heteroatoms. The van der Waals surface area contributed by atoms with Gasteiger partial charge in [-0.2, -0.15) is 13.2 Å². The topological polar surface area (TPSA) is 91.9 Å². The van der Waals surface area contributed by atoms with Gasteiger partial charge in [-0.3, -0.25) is 9.59 Å². The van der Waals surface area contributed by atoms with E-state index in [4.69, 9.17) is 14.6 Å². The number of nitrogens with zero attached hydrogens (tertiary/aromatic N) is 1. The van der Waals surface area contributed by atoms with Gasteiger partial charge in [0.15, 0.2) is 11.5 Å². The lowest BCUT2D eigenvalue weighted by Crippen LogP contribution is -2.43. The molecule has 2 aromatic rings. The van der Waals surface area contributed by atoms with Gasteiger partial charge in [-0.1, -0.05) is 0 Å². The first-order valence-electron chi connectivity index (χ1n) is 7.46. The zero-order valence-electron chi connectivity index (χ0n) is 14.0. The number of fused-ring (bicyclic) bond motifs is 1. The molecule has 0 unspecified atom stereocenters. The first kappa shape index (κ1) is 19.6. The number of benzene rings is 1. The van der Waals surface area contributed by atoms with Gasteiger partial charge in [-0.05, 0) is 12.1 Å². The first-order valence-corrected chi connectivity index (χ1v) is 7.46. The Bertz CT molecular complexity index is 863. The number of methoxy groups -OCH3 is 2. The van der Waals surface area contributed by atoms with Crippen molar-refractivity contribution >= 4 is 16.8 Å². The fraction of sp³-hybridized carbons (Fsp3) is 0.375. The molecule has 0 saturated heterocycles. The second-order valence-electron chi connectivity index (χ2n) is 5.37.